The van der Waals surface area contributed by atoms with Gasteiger partial charge in [0.1, 0.15) is 0 Å². The number of aliphatic hydroxyl groups excluding tert-OH is 1. The van der Waals surface area contributed by atoms with E-state index >= 15 is 0 Å². The SMILES string of the molecule is COc1cc(-c2ncc(CO)nc2CC(C)C)c(F)cn1. The van der Waals surface area contributed by atoms with Gasteiger partial charge in [-0.15, -0.1) is 0 Å². The standard InChI is InChI=1S/C15H18FN3O2/c1-9(2)4-13-15(18-6-10(8-20)19-13)11-5-14(21-3)17-7-12(11)16/h5-7,9,20H,4,8H2,1-3H3. The van der Waals surface area contributed by atoms with Gasteiger partial charge in [-0.1, -0.05) is 13.8 Å². The summed E-state index contributed by atoms with van der Waals surface area (Å²) in [7, 11) is 1.47. The highest BCUT2D eigenvalue weighted by atomic mass is 19.1. The molecule has 0 saturated heterocycles. The first-order valence-electron chi connectivity index (χ1n) is 6.70. The van der Waals surface area contributed by atoms with Crippen molar-refractivity contribution in [2.24, 2.45) is 5.92 Å². The number of aromatic nitrogens is 3. The van der Waals surface area contributed by atoms with Gasteiger partial charge in [0.25, 0.3) is 0 Å². The largest absolute Gasteiger partial charge is 0.481 e. The molecule has 1 N–H and O–H groups in total. The van der Waals surface area contributed by atoms with E-state index in [-0.39, 0.29) is 6.61 Å². The first-order valence-corrected chi connectivity index (χ1v) is 6.70. The molecule has 0 amide bonds. The van der Waals surface area contributed by atoms with Gasteiger partial charge in [-0.3, -0.25) is 9.97 Å². The molecule has 5 nitrogen and oxygen atoms in total. The maximum atomic E-state index is 14.1. The number of methoxy groups -OCH3 is 1. The van der Waals surface area contributed by atoms with Gasteiger partial charge in [-0.05, 0) is 12.3 Å². The Bertz CT molecular complexity index is 632. The van der Waals surface area contributed by atoms with E-state index in [0.717, 1.165) is 6.20 Å². The summed E-state index contributed by atoms with van der Waals surface area (Å²) in [6, 6.07) is 1.50. The molecular formula is C15H18FN3O2. The van der Waals surface area contributed by atoms with Crippen molar-refractivity contribution in [2.45, 2.75) is 26.9 Å². The second-order valence-electron chi connectivity index (χ2n) is 5.12. The summed E-state index contributed by atoms with van der Waals surface area (Å²) in [5.41, 5.74) is 1.88. The maximum absolute atomic E-state index is 14.1. The highest BCUT2D eigenvalue weighted by Crippen LogP contribution is 2.27. The molecule has 0 saturated carbocycles. The van der Waals surface area contributed by atoms with Gasteiger partial charge < -0.3 is 9.84 Å². The van der Waals surface area contributed by atoms with Gasteiger partial charge in [0, 0.05) is 11.6 Å². The zero-order valence-electron chi connectivity index (χ0n) is 12.3. The first-order chi connectivity index (χ1) is 10.0. The lowest BCUT2D eigenvalue weighted by atomic mass is 10.0. The number of pyridine rings is 1. The molecule has 2 rings (SSSR count). The van der Waals surface area contributed by atoms with Crippen molar-refractivity contribution in [2.75, 3.05) is 7.11 Å². The van der Waals surface area contributed by atoms with Gasteiger partial charge in [0.15, 0.2) is 5.82 Å². The molecule has 2 heterocycles. The lowest BCUT2D eigenvalue weighted by Crippen LogP contribution is -2.06. The monoisotopic (exact) mass is 291 g/mol. The summed E-state index contributed by atoms with van der Waals surface area (Å²) >= 11 is 0. The Kier molecular flexibility index (Phi) is 4.80. The Hall–Kier alpha value is -2.08. The smallest absolute Gasteiger partial charge is 0.213 e. The van der Waals surface area contributed by atoms with Gasteiger partial charge in [0.05, 0.1) is 43.2 Å². The van der Waals surface area contributed by atoms with Crippen LogP contribution in [0.5, 0.6) is 5.88 Å². The Labute approximate surface area is 122 Å². The number of aliphatic hydroxyl groups is 1. The second kappa shape index (κ2) is 6.58. The number of hydrogen-bond acceptors (Lipinski definition) is 5. The Morgan fingerprint density at radius 2 is 2.05 bits per heavy atom. The van der Waals surface area contributed by atoms with Crippen molar-refractivity contribution in [1.82, 2.24) is 15.0 Å². The summed E-state index contributed by atoms with van der Waals surface area (Å²) in [6.07, 6.45) is 3.20. The fourth-order valence-electron chi connectivity index (χ4n) is 2.01. The molecule has 0 fully saturated rings. The van der Waals surface area contributed by atoms with E-state index < -0.39 is 5.82 Å². The zero-order valence-corrected chi connectivity index (χ0v) is 12.3. The zero-order chi connectivity index (χ0) is 15.4. The summed E-state index contributed by atoms with van der Waals surface area (Å²) in [5.74, 6) is 0.167. The molecule has 0 radical (unpaired) electrons. The van der Waals surface area contributed by atoms with Crippen LogP contribution in [-0.2, 0) is 13.0 Å². The molecule has 2 aromatic heterocycles. The number of halogens is 1. The number of ether oxygens (including phenoxy) is 1. The predicted octanol–water partition coefficient (Wildman–Crippen LogP) is 2.38. The van der Waals surface area contributed by atoms with Gasteiger partial charge in [-0.2, -0.15) is 0 Å². The van der Waals surface area contributed by atoms with Crippen LogP contribution in [0.4, 0.5) is 4.39 Å². The number of nitrogens with zero attached hydrogens (tertiary/aromatic N) is 3. The highest BCUT2D eigenvalue weighted by Gasteiger charge is 2.16. The van der Waals surface area contributed by atoms with Crippen LogP contribution in [0.15, 0.2) is 18.5 Å². The van der Waals surface area contributed by atoms with E-state index in [1.54, 1.807) is 0 Å². The van der Waals surface area contributed by atoms with Gasteiger partial charge in [-0.25, -0.2) is 9.37 Å². The summed E-state index contributed by atoms with van der Waals surface area (Å²) in [5, 5.41) is 9.19. The average Bonchev–Trinajstić information content (AvgIpc) is 2.47. The third-order valence-corrected chi connectivity index (χ3v) is 2.95. The van der Waals surface area contributed by atoms with E-state index in [1.807, 2.05) is 13.8 Å². The van der Waals surface area contributed by atoms with Gasteiger partial charge in [0.2, 0.25) is 5.88 Å². The molecule has 0 spiro atoms. The molecule has 0 bridgehead atoms. The van der Waals surface area contributed by atoms with Crippen LogP contribution >= 0.6 is 0 Å². The van der Waals surface area contributed by atoms with E-state index in [2.05, 4.69) is 15.0 Å². The molecule has 6 heteroatoms. The quantitative estimate of drug-likeness (QED) is 0.916. The van der Waals surface area contributed by atoms with Crippen molar-refractivity contribution >= 4 is 0 Å². The van der Waals surface area contributed by atoms with Crippen molar-refractivity contribution in [1.29, 1.82) is 0 Å². The maximum Gasteiger partial charge on any atom is 0.213 e. The number of hydrogen-bond donors (Lipinski definition) is 1. The first kappa shape index (κ1) is 15.3. The topological polar surface area (TPSA) is 68.1 Å². The number of rotatable bonds is 5. The van der Waals surface area contributed by atoms with Gasteiger partial charge >= 0.3 is 0 Å². The van der Waals surface area contributed by atoms with Crippen molar-refractivity contribution < 1.29 is 14.2 Å². The average molecular weight is 291 g/mol. The molecule has 21 heavy (non-hydrogen) atoms. The fraction of sp³-hybridized carbons (Fsp3) is 0.400. The minimum Gasteiger partial charge on any atom is -0.481 e. The second-order valence-corrected chi connectivity index (χ2v) is 5.12. The molecule has 0 aliphatic rings. The van der Waals surface area contributed by atoms with Crippen molar-refractivity contribution in [3.63, 3.8) is 0 Å². The van der Waals surface area contributed by atoms with Crippen LogP contribution in [0.3, 0.4) is 0 Å². The predicted molar refractivity (Wildman–Crippen MR) is 76.2 cm³/mol. The Balaban J connectivity index is 2.56. The van der Waals surface area contributed by atoms with E-state index in [1.165, 1.54) is 19.4 Å². The van der Waals surface area contributed by atoms with E-state index in [9.17, 15) is 9.50 Å². The molecule has 112 valence electrons. The molecular weight excluding hydrogens is 273 g/mol. The van der Waals surface area contributed by atoms with Crippen molar-refractivity contribution in [3.05, 3.63) is 35.7 Å². The molecule has 2 aromatic rings. The van der Waals surface area contributed by atoms with Crippen LogP contribution in [0.2, 0.25) is 0 Å². The summed E-state index contributed by atoms with van der Waals surface area (Å²) < 4.78 is 19.1. The highest BCUT2D eigenvalue weighted by molar-refractivity contribution is 5.63. The minimum atomic E-state index is -0.480. The third-order valence-electron chi connectivity index (χ3n) is 2.95. The lowest BCUT2D eigenvalue weighted by molar-refractivity contribution is 0.276. The Morgan fingerprint density at radius 3 is 2.67 bits per heavy atom. The normalized spacial score (nSPS) is 11.0. The summed E-state index contributed by atoms with van der Waals surface area (Å²) in [4.78, 5) is 12.4. The van der Waals surface area contributed by atoms with E-state index in [0.29, 0.717) is 40.9 Å². The minimum absolute atomic E-state index is 0.194. The van der Waals surface area contributed by atoms with E-state index in [4.69, 9.17) is 4.74 Å². The van der Waals surface area contributed by atoms with Crippen molar-refractivity contribution in [3.8, 4) is 17.1 Å². The Morgan fingerprint density at radius 1 is 1.29 bits per heavy atom. The molecule has 0 unspecified atom stereocenters. The molecule has 0 atom stereocenters. The lowest BCUT2D eigenvalue weighted by Gasteiger charge is -2.12. The third kappa shape index (κ3) is 3.52. The van der Waals surface area contributed by atoms with Crippen LogP contribution < -0.4 is 4.74 Å². The fourth-order valence-corrected chi connectivity index (χ4v) is 2.01. The molecule has 0 aromatic carbocycles. The van der Waals surface area contributed by atoms with Crippen LogP contribution in [0, 0.1) is 11.7 Å². The van der Waals surface area contributed by atoms with Crippen LogP contribution in [0.25, 0.3) is 11.3 Å². The molecule has 0 aliphatic heterocycles. The summed E-state index contributed by atoms with van der Waals surface area (Å²) in [6.45, 7) is 3.89. The van der Waals surface area contributed by atoms with Crippen LogP contribution in [0.1, 0.15) is 25.2 Å². The molecule has 0 aliphatic carbocycles. The van der Waals surface area contributed by atoms with Crippen LogP contribution in [-0.4, -0.2) is 27.2 Å².